The highest BCUT2D eigenvalue weighted by Gasteiger charge is 2.52. The molecule has 1 aromatic rings. The number of rotatable bonds is 6. The first-order valence-electron chi connectivity index (χ1n) is 6.27. The van der Waals surface area contributed by atoms with E-state index in [2.05, 4.69) is 26.9 Å². The Morgan fingerprint density at radius 1 is 1.67 bits per heavy atom. The van der Waals surface area contributed by atoms with E-state index < -0.39 is 34.2 Å². The first-order valence-corrected chi connectivity index (χ1v) is 8.55. The summed E-state index contributed by atoms with van der Waals surface area (Å²) in [5, 5.41) is 7.50. The minimum atomic E-state index is -4.75. The van der Waals surface area contributed by atoms with E-state index in [1.807, 2.05) is 0 Å². The highest BCUT2D eigenvalue weighted by Crippen LogP contribution is 2.24. The molecule has 1 fully saturated rings. The van der Waals surface area contributed by atoms with Crippen LogP contribution in [0.25, 0.3) is 0 Å². The molecule has 0 aromatic carbocycles. The molecule has 1 aliphatic rings. The Bertz CT molecular complexity index is 817. The fraction of sp³-hybridized carbons (Fsp3) is 0.273. The van der Waals surface area contributed by atoms with Crippen molar-refractivity contribution in [2.24, 2.45) is 5.16 Å². The average Bonchev–Trinajstić information content (AvgIpc) is 2.91. The van der Waals surface area contributed by atoms with Crippen LogP contribution in [0.2, 0.25) is 0 Å². The summed E-state index contributed by atoms with van der Waals surface area (Å²) in [6.07, 6.45) is 1.11. The molecule has 4 N–H and O–H groups in total. The number of thiazole rings is 1. The van der Waals surface area contributed by atoms with Crippen LogP contribution in [0.15, 0.2) is 23.2 Å². The number of nitrogens with zero attached hydrogens (tertiary/aromatic N) is 3. The number of β-lactam (4-membered cyclic amide) rings is 1. The van der Waals surface area contributed by atoms with Gasteiger partial charge in [-0.2, -0.15) is 8.42 Å². The van der Waals surface area contributed by atoms with Gasteiger partial charge < -0.3 is 15.9 Å². The second kappa shape index (κ2) is 6.54. The average molecular weight is 375 g/mol. The van der Waals surface area contributed by atoms with Crippen LogP contribution >= 0.6 is 11.3 Å². The van der Waals surface area contributed by atoms with Gasteiger partial charge in [-0.05, 0) is 0 Å². The monoisotopic (exact) mass is 375 g/mol. The Morgan fingerprint density at radius 2 is 2.33 bits per heavy atom. The Hall–Kier alpha value is -2.51. The minimum absolute atomic E-state index is 0.130. The van der Waals surface area contributed by atoms with Gasteiger partial charge in [-0.1, -0.05) is 11.2 Å². The minimum Gasteiger partial charge on any atom is -0.398 e. The van der Waals surface area contributed by atoms with Crippen molar-refractivity contribution < 1.29 is 27.4 Å². The van der Waals surface area contributed by atoms with E-state index in [9.17, 15) is 18.0 Å². The number of nitrogen functional groups attached to an aromatic ring is 1. The Balaban J connectivity index is 2.21. The smallest absolute Gasteiger partial charge is 0.362 e. The Kier molecular flexibility index (Phi) is 4.86. The predicted octanol–water partition coefficient (Wildman–Crippen LogP) is -1.24. The topological polar surface area (TPSA) is 164 Å². The number of hydrogen-bond donors (Lipinski definition) is 3. The Morgan fingerprint density at radius 3 is 2.79 bits per heavy atom. The lowest BCUT2D eigenvalue weighted by atomic mass is 9.98. The summed E-state index contributed by atoms with van der Waals surface area (Å²) in [4.78, 5) is 32.6. The second-order valence-corrected chi connectivity index (χ2v) is 6.66. The summed E-state index contributed by atoms with van der Waals surface area (Å²) in [7, 11) is -3.53. The molecular formula is C11H13N5O6S2. The molecule has 11 nitrogen and oxygen atoms in total. The molecule has 1 saturated heterocycles. The number of carbonyl (C=O) groups excluding carboxylic acids is 2. The molecular weight excluding hydrogens is 362 g/mol. The van der Waals surface area contributed by atoms with Gasteiger partial charge in [0.2, 0.25) is 0 Å². The zero-order chi connectivity index (χ0) is 18.1. The summed E-state index contributed by atoms with van der Waals surface area (Å²) in [6, 6.07) is -2.35. The van der Waals surface area contributed by atoms with Crippen molar-refractivity contribution in [1.82, 2.24) is 14.6 Å². The normalized spacial score (nSPS) is 21.2. The molecule has 130 valence electrons. The van der Waals surface area contributed by atoms with Gasteiger partial charge >= 0.3 is 10.3 Å². The number of oxime groups is 1. The van der Waals surface area contributed by atoms with Crippen LogP contribution in [0, 0.1) is 0 Å². The predicted molar refractivity (Wildman–Crippen MR) is 84.4 cm³/mol. The van der Waals surface area contributed by atoms with Gasteiger partial charge in [-0.3, -0.25) is 14.1 Å². The quantitative estimate of drug-likeness (QED) is 0.183. The molecule has 2 atom stereocenters. The van der Waals surface area contributed by atoms with Crippen LogP contribution in [-0.2, 0) is 24.7 Å². The molecule has 1 aromatic heterocycles. The van der Waals surface area contributed by atoms with E-state index in [-0.39, 0.29) is 20.8 Å². The molecule has 2 heterocycles. The molecule has 2 rings (SSSR count). The van der Waals surface area contributed by atoms with Gasteiger partial charge in [0.25, 0.3) is 11.8 Å². The van der Waals surface area contributed by atoms with Crippen LogP contribution < -0.4 is 11.1 Å². The van der Waals surface area contributed by atoms with Crippen LogP contribution in [0.5, 0.6) is 0 Å². The molecule has 0 spiro atoms. The number of anilines is 1. The van der Waals surface area contributed by atoms with Crippen molar-refractivity contribution in [2.75, 3.05) is 12.8 Å². The highest BCUT2D eigenvalue weighted by atomic mass is 32.2. The first-order chi connectivity index (χ1) is 11.2. The van der Waals surface area contributed by atoms with Crippen LogP contribution in [-0.4, -0.2) is 59.0 Å². The lowest BCUT2D eigenvalue weighted by Gasteiger charge is -2.42. The van der Waals surface area contributed by atoms with E-state index >= 15 is 0 Å². The van der Waals surface area contributed by atoms with Crippen molar-refractivity contribution >= 4 is 44.3 Å². The largest absolute Gasteiger partial charge is 0.398 e. The number of carbonyl (C=O) groups is 2. The van der Waals surface area contributed by atoms with E-state index in [4.69, 9.17) is 10.3 Å². The molecule has 0 aliphatic carbocycles. The highest BCUT2D eigenvalue weighted by molar-refractivity contribution is 7.84. The third-order valence-corrected chi connectivity index (χ3v) is 4.63. The number of aromatic nitrogens is 1. The number of nitrogens with two attached hydrogens (primary N) is 1. The lowest BCUT2D eigenvalue weighted by molar-refractivity contribution is -0.142. The molecule has 0 radical (unpaired) electrons. The fourth-order valence-corrected chi connectivity index (χ4v) is 3.44. The molecule has 2 amide bonds. The van der Waals surface area contributed by atoms with Crippen molar-refractivity contribution in [2.45, 2.75) is 12.1 Å². The van der Waals surface area contributed by atoms with Crippen molar-refractivity contribution in [3.63, 3.8) is 0 Å². The van der Waals surface area contributed by atoms with Crippen LogP contribution in [0.3, 0.4) is 0 Å². The summed E-state index contributed by atoms with van der Waals surface area (Å²) < 4.78 is 31.4. The van der Waals surface area contributed by atoms with Crippen molar-refractivity contribution in [3.05, 3.63) is 23.7 Å². The SMILES string of the molecule is C=C[C@H]1[C@H](NC(=O)C(=NOC)c2csc(N)n2)C(=O)N1S(=O)(=O)O. The maximum atomic E-state index is 12.3. The fourth-order valence-electron chi connectivity index (χ4n) is 2.03. The van der Waals surface area contributed by atoms with Gasteiger partial charge in [-0.25, -0.2) is 9.29 Å². The Labute approximate surface area is 140 Å². The molecule has 0 saturated carbocycles. The van der Waals surface area contributed by atoms with Crippen molar-refractivity contribution in [3.8, 4) is 0 Å². The molecule has 0 bridgehead atoms. The number of amides is 2. The summed E-state index contributed by atoms with van der Waals surface area (Å²) in [5.41, 5.74) is 5.38. The molecule has 13 heteroatoms. The van der Waals surface area contributed by atoms with E-state index in [1.165, 1.54) is 12.5 Å². The third-order valence-electron chi connectivity index (χ3n) is 3.03. The van der Waals surface area contributed by atoms with Crippen LogP contribution in [0.4, 0.5) is 5.13 Å². The standard InChI is InChI=1S/C11H13N5O6S2/c1-3-6-8(10(18)16(6)24(19,20)21)14-9(17)7(15-22-2)5-4-23-11(12)13-5/h3-4,6,8H,1H2,2H3,(H2,12,13)(H,14,17)(H,19,20,21)/t6-,8-/m0/s1. The van der Waals surface area contributed by atoms with Gasteiger partial charge in [0.15, 0.2) is 10.8 Å². The maximum absolute atomic E-state index is 12.3. The number of hydrogen-bond acceptors (Lipinski definition) is 9. The molecule has 0 unspecified atom stereocenters. The van der Waals surface area contributed by atoms with E-state index in [1.54, 1.807) is 0 Å². The van der Waals surface area contributed by atoms with Gasteiger partial charge in [-0.15, -0.1) is 17.9 Å². The molecule has 24 heavy (non-hydrogen) atoms. The maximum Gasteiger partial charge on any atom is 0.362 e. The van der Waals surface area contributed by atoms with E-state index in [0.29, 0.717) is 0 Å². The van der Waals surface area contributed by atoms with Gasteiger partial charge in [0.05, 0.1) is 6.04 Å². The summed E-state index contributed by atoms with van der Waals surface area (Å²) >= 11 is 1.07. The van der Waals surface area contributed by atoms with Gasteiger partial charge in [0, 0.05) is 5.38 Å². The lowest BCUT2D eigenvalue weighted by Crippen LogP contribution is -2.71. The van der Waals surface area contributed by atoms with Gasteiger partial charge in [0.1, 0.15) is 18.8 Å². The number of nitrogens with one attached hydrogen (secondary N) is 1. The zero-order valence-corrected chi connectivity index (χ0v) is 13.9. The molecule has 1 aliphatic heterocycles. The second-order valence-electron chi connectivity index (χ2n) is 4.48. The third kappa shape index (κ3) is 3.22. The van der Waals surface area contributed by atoms with Crippen molar-refractivity contribution in [1.29, 1.82) is 0 Å². The zero-order valence-electron chi connectivity index (χ0n) is 12.2. The first kappa shape index (κ1) is 17.8. The summed E-state index contributed by atoms with van der Waals surface area (Å²) in [5.74, 6) is -1.84. The van der Waals surface area contributed by atoms with E-state index in [0.717, 1.165) is 17.4 Å². The van der Waals surface area contributed by atoms with Crippen LogP contribution in [0.1, 0.15) is 5.69 Å². The summed E-state index contributed by atoms with van der Waals surface area (Å²) in [6.45, 7) is 3.38.